The van der Waals surface area contributed by atoms with Crippen LogP contribution in [0.5, 0.6) is 5.75 Å². The van der Waals surface area contributed by atoms with Crippen LogP contribution in [0.3, 0.4) is 0 Å². The highest BCUT2D eigenvalue weighted by molar-refractivity contribution is 6.01. The number of Topliss-reactive ketones (excluding diaryl/α,β-unsaturated/α-hetero) is 1. The number of hydrogen-bond donors (Lipinski definition) is 2. The van der Waals surface area contributed by atoms with Gasteiger partial charge in [0.2, 0.25) is 0 Å². The lowest BCUT2D eigenvalue weighted by Gasteiger charge is -2.34. The normalized spacial score (nSPS) is 20.7. The molecule has 4 rings (SSSR count). The summed E-state index contributed by atoms with van der Waals surface area (Å²) in [5.41, 5.74) is 4.95. The highest BCUT2D eigenvalue weighted by Gasteiger charge is 2.38. The van der Waals surface area contributed by atoms with Crippen LogP contribution in [0.1, 0.15) is 45.2 Å². The van der Waals surface area contributed by atoms with Gasteiger partial charge in [-0.2, -0.15) is 0 Å². The van der Waals surface area contributed by atoms with Crippen LogP contribution in [0, 0.1) is 5.41 Å². The fourth-order valence-corrected chi connectivity index (χ4v) is 4.06. The molecule has 0 unspecified atom stereocenters. The van der Waals surface area contributed by atoms with E-state index in [-0.39, 0.29) is 17.2 Å². The lowest BCUT2D eigenvalue weighted by atomic mass is 9.73. The number of hydrogen-bond acceptors (Lipinski definition) is 4. The topological polar surface area (TPSA) is 50.4 Å². The van der Waals surface area contributed by atoms with Crippen molar-refractivity contribution in [3.63, 3.8) is 0 Å². The third-order valence-corrected chi connectivity index (χ3v) is 5.25. The molecular weight excluding hydrogens is 336 g/mol. The molecule has 0 fully saturated rings. The second-order valence-electron chi connectivity index (χ2n) is 8.08. The molecule has 0 saturated carbocycles. The van der Waals surface area contributed by atoms with Crippen molar-refractivity contribution >= 4 is 17.2 Å². The number of carbonyl (C=O) groups excluding carboxylic acids is 1. The van der Waals surface area contributed by atoms with Crippen molar-refractivity contribution in [2.45, 2.75) is 39.7 Å². The molecule has 2 aromatic carbocycles. The van der Waals surface area contributed by atoms with Gasteiger partial charge in [-0.3, -0.25) is 4.79 Å². The SMILES string of the molecule is CCOc1ccc([C@@H]2Nc3ccccc3NC3=C2C(=O)CC(C)(C)C3)cc1. The molecule has 2 N–H and O–H groups in total. The molecule has 4 heteroatoms. The molecule has 27 heavy (non-hydrogen) atoms. The number of ether oxygens (including phenoxy) is 1. The van der Waals surface area contributed by atoms with Crippen molar-refractivity contribution in [2.75, 3.05) is 17.2 Å². The summed E-state index contributed by atoms with van der Waals surface area (Å²) >= 11 is 0. The van der Waals surface area contributed by atoms with E-state index in [0.29, 0.717) is 13.0 Å². The molecule has 0 saturated heterocycles. The number of nitrogens with one attached hydrogen (secondary N) is 2. The zero-order valence-electron chi connectivity index (χ0n) is 16.1. The number of rotatable bonds is 3. The third-order valence-electron chi connectivity index (χ3n) is 5.25. The van der Waals surface area contributed by atoms with E-state index in [4.69, 9.17) is 4.74 Å². The van der Waals surface area contributed by atoms with Crippen LogP contribution in [-0.2, 0) is 4.79 Å². The summed E-state index contributed by atoms with van der Waals surface area (Å²) in [6.07, 6.45) is 1.43. The third kappa shape index (κ3) is 3.44. The monoisotopic (exact) mass is 362 g/mol. The summed E-state index contributed by atoms with van der Waals surface area (Å²) in [7, 11) is 0. The van der Waals surface area contributed by atoms with Gasteiger partial charge in [0.15, 0.2) is 5.78 Å². The molecule has 1 atom stereocenters. The van der Waals surface area contributed by atoms with Gasteiger partial charge in [-0.15, -0.1) is 0 Å². The van der Waals surface area contributed by atoms with Crippen molar-refractivity contribution in [2.24, 2.45) is 5.41 Å². The quantitative estimate of drug-likeness (QED) is 0.777. The number of carbonyl (C=O) groups is 1. The molecule has 0 spiro atoms. The van der Waals surface area contributed by atoms with Crippen molar-refractivity contribution in [1.82, 2.24) is 0 Å². The van der Waals surface area contributed by atoms with E-state index < -0.39 is 0 Å². The minimum Gasteiger partial charge on any atom is -0.494 e. The minimum absolute atomic E-state index is 0.0361. The summed E-state index contributed by atoms with van der Waals surface area (Å²) < 4.78 is 5.57. The average molecular weight is 362 g/mol. The Hall–Kier alpha value is -2.75. The second-order valence-corrected chi connectivity index (χ2v) is 8.08. The Bertz CT molecular complexity index is 897. The van der Waals surface area contributed by atoms with E-state index in [1.165, 1.54) is 0 Å². The lowest BCUT2D eigenvalue weighted by Crippen LogP contribution is -2.31. The Morgan fingerprint density at radius 1 is 1.04 bits per heavy atom. The summed E-state index contributed by atoms with van der Waals surface area (Å²) in [5, 5.41) is 7.15. The Kier molecular flexibility index (Phi) is 4.42. The maximum absolute atomic E-state index is 13.1. The molecular formula is C23H26N2O2. The van der Waals surface area contributed by atoms with Gasteiger partial charge in [-0.1, -0.05) is 38.1 Å². The molecule has 0 aromatic heterocycles. The molecule has 0 bridgehead atoms. The molecule has 0 amide bonds. The van der Waals surface area contributed by atoms with Crippen LogP contribution in [0.25, 0.3) is 0 Å². The van der Waals surface area contributed by atoms with Gasteiger partial charge in [-0.05, 0) is 48.6 Å². The first-order valence-corrected chi connectivity index (χ1v) is 9.58. The summed E-state index contributed by atoms with van der Waals surface area (Å²) in [6, 6.07) is 16.0. The van der Waals surface area contributed by atoms with E-state index in [0.717, 1.165) is 40.4 Å². The maximum Gasteiger partial charge on any atom is 0.163 e. The summed E-state index contributed by atoms with van der Waals surface area (Å²) in [6.45, 7) is 6.93. The number of benzene rings is 2. The van der Waals surface area contributed by atoms with Crippen LogP contribution < -0.4 is 15.4 Å². The van der Waals surface area contributed by atoms with Crippen LogP contribution in [-0.4, -0.2) is 12.4 Å². The number of allylic oxidation sites excluding steroid dienone is 1. The van der Waals surface area contributed by atoms with Gasteiger partial charge < -0.3 is 15.4 Å². The Balaban J connectivity index is 1.81. The van der Waals surface area contributed by atoms with Crippen molar-refractivity contribution in [1.29, 1.82) is 0 Å². The van der Waals surface area contributed by atoms with Crippen LogP contribution >= 0.6 is 0 Å². The van der Waals surface area contributed by atoms with Crippen molar-refractivity contribution in [3.05, 3.63) is 65.4 Å². The van der Waals surface area contributed by atoms with Crippen LogP contribution in [0.2, 0.25) is 0 Å². The number of ketones is 1. The van der Waals surface area contributed by atoms with Gasteiger partial charge in [0.1, 0.15) is 5.75 Å². The van der Waals surface area contributed by atoms with Crippen LogP contribution in [0.4, 0.5) is 11.4 Å². The maximum atomic E-state index is 13.1. The highest BCUT2D eigenvalue weighted by atomic mass is 16.5. The van der Waals surface area contributed by atoms with Crippen LogP contribution in [0.15, 0.2) is 59.8 Å². The average Bonchev–Trinajstić information content (AvgIpc) is 2.78. The molecule has 1 aliphatic carbocycles. The summed E-state index contributed by atoms with van der Waals surface area (Å²) in [4.78, 5) is 13.1. The fraction of sp³-hybridized carbons (Fsp3) is 0.348. The van der Waals surface area contributed by atoms with E-state index in [2.05, 4.69) is 36.6 Å². The predicted octanol–water partition coefficient (Wildman–Crippen LogP) is 5.31. The number of para-hydroxylation sites is 2. The standard InChI is InChI=1S/C23H26N2O2/c1-4-27-16-11-9-15(10-12-16)22-21-19(13-23(2,3)14-20(21)26)24-17-7-5-6-8-18(17)25-22/h5-12,22,24-25H,4,13-14H2,1-3H3/t22-/m0/s1. The first kappa shape index (κ1) is 17.7. The molecule has 1 heterocycles. The molecule has 140 valence electrons. The minimum atomic E-state index is -0.171. The molecule has 1 aliphatic heterocycles. The van der Waals surface area contributed by atoms with E-state index in [9.17, 15) is 4.79 Å². The van der Waals surface area contributed by atoms with Gasteiger partial charge in [0, 0.05) is 17.7 Å². The number of fused-ring (bicyclic) bond motifs is 1. The fourth-order valence-electron chi connectivity index (χ4n) is 4.06. The Morgan fingerprint density at radius 3 is 2.44 bits per heavy atom. The zero-order chi connectivity index (χ0) is 19.0. The van der Waals surface area contributed by atoms with E-state index in [1.807, 2.05) is 43.3 Å². The van der Waals surface area contributed by atoms with Gasteiger partial charge in [0.25, 0.3) is 0 Å². The predicted molar refractivity (Wildman–Crippen MR) is 109 cm³/mol. The van der Waals surface area contributed by atoms with E-state index in [1.54, 1.807) is 0 Å². The molecule has 4 nitrogen and oxygen atoms in total. The molecule has 2 aromatic rings. The van der Waals surface area contributed by atoms with Crippen molar-refractivity contribution < 1.29 is 9.53 Å². The first-order valence-electron chi connectivity index (χ1n) is 9.58. The van der Waals surface area contributed by atoms with Gasteiger partial charge in [-0.25, -0.2) is 0 Å². The van der Waals surface area contributed by atoms with Crippen molar-refractivity contribution in [3.8, 4) is 5.75 Å². The zero-order valence-corrected chi connectivity index (χ0v) is 16.1. The number of anilines is 2. The van der Waals surface area contributed by atoms with E-state index >= 15 is 0 Å². The lowest BCUT2D eigenvalue weighted by molar-refractivity contribution is -0.118. The smallest absolute Gasteiger partial charge is 0.163 e. The summed E-state index contributed by atoms with van der Waals surface area (Å²) in [5.74, 6) is 1.06. The molecule has 2 aliphatic rings. The first-order chi connectivity index (χ1) is 13.0. The molecule has 0 radical (unpaired) electrons. The Morgan fingerprint density at radius 2 is 1.74 bits per heavy atom. The Labute approximate surface area is 160 Å². The second kappa shape index (κ2) is 6.76. The largest absolute Gasteiger partial charge is 0.494 e. The van der Waals surface area contributed by atoms with Gasteiger partial charge in [0.05, 0.1) is 24.0 Å². The highest BCUT2D eigenvalue weighted by Crippen LogP contribution is 2.45. The van der Waals surface area contributed by atoms with Gasteiger partial charge >= 0.3 is 0 Å².